The molecule has 0 radical (unpaired) electrons. The number of carbonyl (C=O) groups excluding carboxylic acids is 4. The molecule has 0 amide bonds. The van der Waals surface area contributed by atoms with E-state index in [4.69, 9.17) is 0 Å². The Kier molecular flexibility index (Phi) is 5.07. The molecule has 1 aromatic carbocycles. The predicted molar refractivity (Wildman–Crippen MR) is 124 cm³/mol. The molecule has 0 bridgehead atoms. The normalized spacial score (nSPS) is 26.1. The molecule has 3 aliphatic rings. The van der Waals surface area contributed by atoms with Gasteiger partial charge in [-0.3, -0.25) is 19.2 Å². The standard InChI is InChI=1S/C27H35NO4/c1-17-7-18(2)9-19(8-17)28-15-26(20(29)10-24(3,4)11-21(26)30)14-27(16-28)22(31)12-25(5,6)13-23(27)32/h7-9H,10-16H2,1-6H3. The van der Waals surface area contributed by atoms with Gasteiger partial charge in [0.25, 0.3) is 0 Å². The summed E-state index contributed by atoms with van der Waals surface area (Å²) in [4.78, 5) is 56.4. The smallest absolute Gasteiger partial charge is 0.148 e. The molecule has 32 heavy (non-hydrogen) atoms. The predicted octanol–water partition coefficient (Wildman–Crippen LogP) is 4.40. The second-order valence-electron chi connectivity index (χ2n) is 12.3. The van der Waals surface area contributed by atoms with Gasteiger partial charge in [-0.25, -0.2) is 0 Å². The molecule has 5 heteroatoms. The number of carbonyl (C=O) groups is 4. The van der Waals surface area contributed by atoms with Crippen LogP contribution in [0.15, 0.2) is 18.2 Å². The van der Waals surface area contributed by atoms with Gasteiger partial charge in [0.2, 0.25) is 0 Å². The van der Waals surface area contributed by atoms with Gasteiger partial charge in [-0.1, -0.05) is 33.8 Å². The van der Waals surface area contributed by atoms with Gasteiger partial charge in [-0.05, 0) is 54.4 Å². The van der Waals surface area contributed by atoms with Crippen molar-refractivity contribution in [3.8, 4) is 0 Å². The number of hydrogen-bond donors (Lipinski definition) is 0. The zero-order valence-electron chi connectivity index (χ0n) is 20.3. The maximum absolute atomic E-state index is 13.6. The number of piperidine rings is 1. The Balaban J connectivity index is 1.86. The molecule has 172 valence electrons. The lowest BCUT2D eigenvalue weighted by Gasteiger charge is -2.54. The lowest BCUT2D eigenvalue weighted by atomic mass is 9.51. The van der Waals surface area contributed by atoms with Crippen LogP contribution in [0.5, 0.6) is 0 Å². The van der Waals surface area contributed by atoms with E-state index in [2.05, 4.69) is 6.07 Å². The molecule has 2 aliphatic carbocycles. The van der Waals surface area contributed by atoms with Crippen molar-refractivity contribution in [1.82, 2.24) is 0 Å². The molecule has 1 aromatic rings. The van der Waals surface area contributed by atoms with E-state index in [1.165, 1.54) is 0 Å². The van der Waals surface area contributed by atoms with Crippen LogP contribution in [0, 0.1) is 35.5 Å². The van der Waals surface area contributed by atoms with E-state index < -0.39 is 21.7 Å². The molecule has 0 aromatic heterocycles. The van der Waals surface area contributed by atoms with Crippen LogP contribution in [0.2, 0.25) is 0 Å². The minimum Gasteiger partial charge on any atom is -0.369 e. The first kappa shape index (κ1) is 22.9. The quantitative estimate of drug-likeness (QED) is 0.609. The number of aryl methyl sites for hydroxylation is 2. The van der Waals surface area contributed by atoms with Gasteiger partial charge in [0.1, 0.15) is 34.0 Å². The Bertz CT molecular complexity index is 916. The zero-order chi connectivity index (χ0) is 23.7. The molecule has 2 saturated carbocycles. The van der Waals surface area contributed by atoms with Gasteiger partial charge in [-0.2, -0.15) is 0 Å². The van der Waals surface area contributed by atoms with Crippen LogP contribution in [-0.4, -0.2) is 36.2 Å². The summed E-state index contributed by atoms with van der Waals surface area (Å²) in [5.41, 5.74) is -0.362. The third-order valence-electron chi connectivity index (χ3n) is 7.79. The van der Waals surface area contributed by atoms with E-state index in [-0.39, 0.29) is 42.6 Å². The molecule has 5 nitrogen and oxygen atoms in total. The second-order valence-corrected chi connectivity index (χ2v) is 12.3. The lowest BCUT2D eigenvalue weighted by molar-refractivity contribution is -0.159. The van der Waals surface area contributed by atoms with Crippen molar-refractivity contribution in [1.29, 1.82) is 0 Å². The summed E-state index contributed by atoms with van der Waals surface area (Å²) in [5, 5.41) is 0. The summed E-state index contributed by atoms with van der Waals surface area (Å²) in [7, 11) is 0. The largest absolute Gasteiger partial charge is 0.369 e. The first-order valence-corrected chi connectivity index (χ1v) is 11.6. The number of rotatable bonds is 1. The molecule has 4 rings (SSSR count). The van der Waals surface area contributed by atoms with Gasteiger partial charge in [0.15, 0.2) is 0 Å². The Hall–Kier alpha value is -2.30. The molecule has 0 unspecified atom stereocenters. The summed E-state index contributed by atoms with van der Waals surface area (Å²) in [6.07, 6.45) is 1.22. The Labute approximate surface area is 190 Å². The number of benzene rings is 1. The third kappa shape index (κ3) is 3.64. The fourth-order valence-electron chi connectivity index (χ4n) is 6.25. The fraction of sp³-hybridized carbons (Fsp3) is 0.630. The highest BCUT2D eigenvalue weighted by Gasteiger charge is 2.64. The average Bonchev–Trinajstić information content (AvgIpc) is 2.62. The van der Waals surface area contributed by atoms with Crippen LogP contribution in [0.25, 0.3) is 0 Å². The van der Waals surface area contributed by atoms with Crippen molar-refractivity contribution in [2.45, 2.75) is 73.6 Å². The van der Waals surface area contributed by atoms with Crippen LogP contribution in [-0.2, 0) is 19.2 Å². The second kappa shape index (κ2) is 7.10. The fourth-order valence-corrected chi connectivity index (χ4v) is 6.25. The van der Waals surface area contributed by atoms with E-state index in [0.29, 0.717) is 25.7 Å². The van der Waals surface area contributed by atoms with Crippen molar-refractivity contribution < 1.29 is 19.2 Å². The van der Waals surface area contributed by atoms with E-state index in [0.717, 1.165) is 16.8 Å². The van der Waals surface area contributed by atoms with Gasteiger partial charge in [0.05, 0.1) is 0 Å². The highest BCUT2D eigenvalue weighted by Crippen LogP contribution is 2.54. The molecular weight excluding hydrogens is 402 g/mol. The Morgan fingerprint density at radius 1 is 0.625 bits per heavy atom. The summed E-state index contributed by atoms with van der Waals surface area (Å²) in [6.45, 7) is 12.3. The van der Waals surface area contributed by atoms with Crippen LogP contribution >= 0.6 is 0 Å². The van der Waals surface area contributed by atoms with Crippen molar-refractivity contribution in [3.63, 3.8) is 0 Å². The first-order chi connectivity index (χ1) is 14.7. The number of Topliss-reactive ketones (excluding diaryl/α,β-unsaturated/α-hetero) is 4. The minimum atomic E-state index is -1.29. The Morgan fingerprint density at radius 2 is 0.969 bits per heavy atom. The zero-order valence-corrected chi connectivity index (χ0v) is 20.3. The van der Waals surface area contributed by atoms with Crippen molar-refractivity contribution >= 4 is 28.8 Å². The SMILES string of the molecule is Cc1cc(C)cc(N2CC3(CC4(C2)C(=O)CC(C)(C)CC4=O)C(=O)CC(C)(C)CC3=O)c1. The van der Waals surface area contributed by atoms with E-state index >= 15 is 0 Å². The Morgan fingerprint density at radius 3 is 1.31 bits per heavy atom. The molecule has 1 aliphatic heterocycles. The topological polar surface area (TPSA) is 71.5 Å². The van der Waals surface area contributed by atoms with Crippen molar-refractivity contribution in [2.75, 3.05) is 18.0 Å². The van der Waals surface area contributed by atoms with Gasteiger partial charge in [-0.15, -0.1) is 0 Å². The van der Waals surface area contributed by atoms with Crippen LogP contribution in [0.4, 0.5) is 5.69 Å². The van der Waals surface area contributed by atoms with Crippen molar-refractivity contribution in [2.24, 2.45) is 21.7 Å². The van der Waals surface area contributed by atoms with E-state index in [1.54, 1.807) is 0 Å². The first-order valence-electron chi connectivity index (χ1n) is 11.6. The number of nitrogens with zero attached hydrogens (tertiary/aromatic N) is 1. The van der Waals surface area contributed by atoms with Crippen LogP contribution in [0.1, 0.15) is 70.9 Å². The average molecular weight is 438 g/mol. The van der Waals surface area contributed by atoms with Crippen molar-refractivity contribution in [3.05, 3.63) is 29.3 Å². The minimum absolute atomic E-state index is 0.0444. The van der Waals surface area contributed by atoms with E-state index in [1.807, 2.05) is 58.6 Å². The maximum atomic E-state index is 13.6. The number of hydrogen-bond acceptors (Lipinski definition) is 5. The lowest BCUT2D eigenvalue weighted by Crippen LogP contribution is -2.67. The molecule has 1 saturated heterocycles. The summed E-state index contributed by atoms with van der Waals surface area (Å²) >= 11 is 0. The molecular formula is C27H35NO4. The summed E-state index contributed by atoms with van der Waals surface area (Å²) in [5.74, 6) is -0.453. The summed E-state index contributed by atoms with van der Waals surface area (Å²) < 4.78 is 0. The summed E-state index contributed by atoms with van der Waals surface area (Å²) in [6, 6.07) is 6.10. The number of ketones is 4. The highest BCUT2D eigenvalue weighted by molar-refractivity contribution is 6.15. The molecule has 1 heterocycles. The van der Waals surface area contributed by atoms with Gasteiger partial charge >= 0.3 is 0 Å². The maximum Gasteiger partial charge on any atom is 0.148 e. The van der Waals surface area contributed by atoms with Gasteiger partial charge < -0.3 is 4.90 Å². The highest BCUT2D eigenvalue weighted by atomic mass is 16.2. The van der Waals surface area contributed by atoms with Crippen LogP contribution < -0.4 is 4.90 Å². The van der Waals surface area contributed by atoms with Gasteiger partial charge in [0, 0.05) is 44.5 Å². The monoisotopic (exact) mass is 437 g/mol. The molecule has 2 spiro atoms. The third-order valence-corrected chi connectivity index (χ3v) is 7.79. The van der Waals surface area contributed by atoms with E-state index in [9.17, 15) is 19.2 Å². The molecule has 3 fully saturated rings. The molecule has 0 N–H and O–H groups in total. The number of anilines is 1. The molecule has 0 atom stereocenters. The van der Waals surface area contributed by atoms with Crippen LogP contribution in [0.3, 0.4) is 0 Å².